The van der Waals surface area contributed by atoms with Crippen molar-refractivity contribution in [2.75, 3.05) is 0 Å². The Kier molecular flexibility index (Phi) is 15.5. The molecule has 1 aliphatic rings. The molecule has 0 nitrogen and oxygen atoms in total. The molecule has 92 valence electrons. The van der Waals surface area contributed by atoms with E-state index in [1.807, 2.05) is 0 Å². The van der Waals surface area contributed by atoms with E-state index in [1.165, 1.54) is 22.0 Å². The van der Waals surface area contributed by atoms with Crippen LogP contribution in [0.1, 0.15) is 31.1 Å². The van der Waals surface area contributed by atoms with Gasteiger partial charge in [-0.3, -0.25) is 6.08 Å². The van der Waals surface area contributed by atoms with Crippen molar-refractivity contribution in [1.82, 2.24) is 0 Å². The van der Waals surface area contributed by atoms with Crippen LogP contribution in [0.15, 0.2) is 23.0 Å². The van der Waals surface area contributed by atoms with E-state index >= 15 is 0 Å². The zero-order chi connectivity index (χ0) is 10.6. The second-order valence-electron chi connectivity index (χ2n) is 3.75. The van der Waals surface area contributed by atoms with Gasteiger partial charge >= 0.3 is 21.7 Å². The molecule has 0 fully saturated rings. The molecule has 1 unspecified atom stereocenters. The minimum atomic E-state index is 0. The number of halogens is 2. The van der Waals surface area contributed by atoms with Crippen molar-refractivity contribution in [2.45, 2.75) is 34.1 Å². The molecule has 1 heterocycles. The summed E-state index contributed by atoms with van der Waals surface area (Å²) in [6, 6.07) is 3.21. The molecular formula is C13H17Cl2PTi. The first-order chi connectivity index (χ1) is 6.58. The summed E-state index contributed by atoms with van der Waals surface area (Å²) in [4.78, 5) is 0. The summed E-state index contributed by atoms with van der Waals surface area (Å²) >= 11 is 0. The fourth-order valence-corrected chi connectivity index (χ4v) is 2.11. The molecule has 17 heavy (non-hydrogen) atoms. The molecule has 4 heteroatoms. The van der Waals surface area contributed by atoms with Gasteiger partial charge in [0, 0.05) is 0 Å². The third-order valence-corrected chi connectivity index (χ3v) is 3.13. The van der Waals surface area contributed by atoms with Crippen LogP contribution in [0.2, 0.25) is 0 Å². The monoisotopic (exact) mass is 322 g/mol. The zero-order valence-electron chi connectivity index (χ0n) is 10.6. The Balaban J connectivity index is -0.000000196. The van der Waals surface area contributed by atoms with Crippen molar-refractivity contribution >= 4 is 8.19 Å². The predicted octanol–water partition coefficient (Wildman–Crippen LogP) is -1.77. The molecule has 0 saturated heterocycles. The number of rotatable bonds is 0. The average molecular weight is 323 g/mol. The number of aryl methyl sites for hydroxylation is 2. The van der Waals surface area contributed by atoms with E-state index in [4.69, 9.17) is 0 Å². The fraction of sp³-hybridized carbons (Fsp3) is 0.385. The average Bonchev–Trinajstić information content (AvgIpc) is 2.63. The number of hydrogen-bond donors (Lipinski definition) is 0. The minimum Gasteiger partial charge on any atom is -1.00 e. The van der Waals surface area contributed by atoms with Gasteiger partial charge in [-0.25, -0.2) is 31.5 Å². The third kappa shape index (κ3) is 10.2. The van der Waals surface area contributed by atoms with Crippen LogP contribution in [-0.4, -0.2) is 0 Å². The topological polar surface area (TPSA) is 0 Å². The van der Waals surface area contributed by atoms with Gasteiger partial charge in [0.25, 0.3) is 0 Å². The Hall–Kier alpha value is 0.554. The molecule has 0 N–H and O–H groups in total. The molecule has 1 aliphatic carbocycles. The summed E-state index contributed by atoms with van der Waals surface area (Å²) in [6.45, 7) is 8.41. The Morgan fingerprint density at radius 3 is 1.82 bits per heavy atom. The van der Waals surface area contributed by atoms with Crippen molar-refractivity contribution in [3.8, 4) is 0 Å². The Morgan fingerprint density at radius 1 is 1.12 bits per heavy atom. The molecular weight excluding hydrogens is 306 g/mol. The van der Waals surface area contributed by atoms with E-state index < -0.39 is 0 Å². The second-order valence-corrected chi connectivity index (χ2v) is 5.08. The van der Waals surface area contributed by atoms with Gasteiger partial charge in [-0.05, 0) is 0 Å². The van der Waals surface area contributed by atoms with Gasteiger partial charge < -0.3 is 24.8 Å². The summed E-state index contributed by atoms with van der Waals surface area (Å²) in [7, 11) is 0.906. The first-order valence-corrected chi connectivity index (χ1v) is 5.94. The SMILES string of the molecule is CC1=[C-]CC(C)=C1.Cc1[c-]c(C)[pH]c1.[Cl-].[Cl-].[Ti+4]. The second kappa shape index (κ2) is 11.6. The van der Waals surface area contributed by atoms with Crippen molar-refractivity contribution in [1.29, 1.82) is 0 Å². The third-order valence-electron chi connectivity index (χ3n) is 2.00. The van der Waals surface area contributed by atoms with Gasteiger partial charge in [0.15, 0.2) is 0 Å². The van der Waals surface area contributed by atoms with E-state index in [1.54, 1.807) is 0 Å². The van der Waals surface area contributed by atoms with E-state index in [0.29, 0.717) is 0 Å². The quantitative estimate of drug-likeness (QED) is 0.392. The Bertz CT molecular complexity index is 351. The number of hydrogen-bond acceptors (Lipinski definition) is 0. The van der Waals surface area contributed by atoms with Crippen LogP contribution in [0.4, 0.5) is 0 Å². The van der Waals surface area contributed by atoms with E-state index in [0.717, 1.165) is 14.6 Å². The smallest absolute Gasteiger partial charge is 1.00 e. The standard InChI is InChI=1S/C7H9.C6H8P.2ClH.Ti/c1-6-3-4-7(2)5-6;1-5-3-6(2)7-4-5;;;/h5H,3H2,1-2H3;4,7H,1-2H3;2*1H;/q2*-1;;;+4/p-2. The molecule has 1 atom stereocenters. The Labute approximate surface area is 134 Å². The molecule has 0 saturated carbocycles. The Morgan fingerprint density at radius 2 is 1.71 bits per heavy atom. The van der Waals surface area contributed by atoms with E-state index in [-0.39, 0.29) is 46.5 Å². The summed E-state index contributed by atoms with van der Waals surface area (Å²) in [6.07, 6.45) is 6.41. The van der Waals surface area contributed by atoms with Crippen LogP contribution < -0.4 is 24.8 Å². The first kappa shape index (κ1) is 22.7. The summed E-state index contributed by atoms with van der Waals surface area (Å²) in [5, 5.41) is 1.39. The van der Waals surface area contributed by atoms with Gasteiger partial charge in [-0.2, -0.15) is 11.4 Å². The van der Waals surface area contributed by atoms with Gasteiger partial charge in [-0.1, -0.05) is 27.7 Å². The van der Waals surface area contributed by atoms with E-state index in [2.05, 4.69) is 51.7 Å². The molecule has 0 radical (unpaired) electrons. The molecule has 1 aromatic heterocycles. The normalized spacial score (nSPS) is 12.2. The summed E-state index contributed by atoms with van der Waals surface area (Å²) in [5.41, 5.74) is 4.02. The zero-order valence-corrected chi connectivity index (χ0v) is 14.7. The van der Waals surface area contributed by atoms with E-state index in [9.17, 15) is 0 Å². The first-order valence-electron chi connectivity index (χ1n) is 4.86. The summed E-state index contributed by atoms with van der Waals surface area (Å²) < 4.78 is 0. The maximum atomic E-state index is 3.21. The maximum Gasteiger partial charge on any atom is 4.00 e. The maximum absolute atomic E-state index is 3.21. The van der Waals surface area contributed by atoms with Gasteiger partial charge in [0.2, 0.25) is 0 Å². The molecule has 0 amide bonds. The van der Waals surface area contributed by atoms with Crippen LogP contribution >= 0.6 is 8.19 Å². The number of allylic oxidation sites excluding steroid dienone is 4. The molecule has 2 rings (SSSR count). The van der Waals surface area contributed by atoms with Crippen LogP contribution in [0.5, 0.6) is 0 Å². The van der Waals surface area contributed by atoms with Crippen LogP contribution in [-0.2, 0) is 21.7 Å². The van der Waals surface area contributed by atoms with Gasteiger partial charge in [-0.15, -0.1) is 11.7 Å². The fourth-order valence-electron chi connectivity index (χ4n) is 1.33. The van der Waals surface area contributed by atoms with Crippen molar-refractivity contribution in [3.05, 3.63) is 46.0 Å². The van der Waals surface area contributed by atoms with Crippen molar-refractivity contribution in [3.63, 3.8) is 0 Å². The molecule has 0 aliphatic heterocycles. The molecule has 0 aromatic carbocycles. The van der Waals surface area contributed by atoms with Crippen molar-refractivity contribution in [2.24, 2.45) is 0 Å². The van der Waals surface area contributed by atoms with Gasteiger partial charge in [0.05, 0.1) is 0 Å². The molecule has 1 aromatic rings. The largest absolute Gasteiger partial charge is 4.00 e. The summed E-state index contributed by atoms with van der Waals surface area (Å²) in [5.74, 6) is 2.22. The molecule has 0 bridgehead atoms. The van der Waals surface area contributed by atoms with Crippen LogP contribution in [0, 0.1) is 26.0 Å². The predicted molar refractivity (Wildman–Crippen MR) is 65.1 cm³/mol. The molecule has 0 spiro atoms. The van der Waals surface area contributed by atoms with Crippen molar-refractivity contribution < 1.29 is 46.5 Å². The van der Waals surface area contributed by atoms with Crippen LogP contribution in [0.3, 0.4) is 0 Å². The van der Waals surface area contributed by atoms with Crippen LogP contribution in [0.25, 0.3) is 0 Å². The van der Waals surface area contributed by atoms with Gasteiger partial charge in [0.1, 0.15) is 0 Å². The minimum absolute atomic E-state index is 0.